The van der Waals surface area contributed by atoms with Crippen molar-refractivity contribution in [2.24, 2.45) is 0 Å². The van der Waals surface area contributed by atoms with E-state index in [1.165, 1.54) is 0 Å². The van der Waals surface area contributed by atoms with Crippen LogP contribution in [0.4, 0.5) is 0 Å². The SMILES string of the molecule is CCNCCNC(=O)COc1c(C)cccc1C. The van der Waals surface area contributed by atoms with E-state index in [0.29, 0.717) is 6.54 Å². The second-order valence-corrected chi connectivity index (χ2v) is 4.21. The maximum absolute atomic E-state index is 11.5. The first-order valence-electron chi connectivity index (χ1n) is 6.31. The number of hydrogen-bond acceptors (Lipinski definition) is 3. The van der Waals surface area contributed by atoms with Gasteiger partial charge in [0.1, 0.15) is 5.75 Å². The standard InChI is InChI=1S/C14H22N2O2/c1-4-15-8-9-16-13(17)10-18-14-11(2)6-5-7-12(14)3/h5-7,15H,4,8-10H2,1-3H3,(H,16,17). The summed E-state index contributed by atoms with van der Waals surface area (Å²) in [5, 5.41) is 5.94. The highest BCUT2D eigenvalue weighted by molar-refractivity contribution is 5.77. The molecule has 0 atom stereocenters. The summed E-state index contributed by atoms with van der Waals surface area (Å²) in [6, 6.07) is 5.94. The van der Waals surface area contributed by atoms with Crippen molar-refractivity contribution in [1.29, 1.82) is 0 Å². The first kappa shape index (κ1) is 14.5. The minimum Gasteiger partial charge on any atom is -0.483 e. The fourth-order valence-electron chi connectivity index (χ4n) is 1.68. The molecule has 4 heteroatoms. The number of carbonyl (C=O) groups is 1. The Bertz CT molecular complexity index is 371. The van der Waals surface area contributed by atoms with Crippen molar-refractivity contribution >= 4 is 5.91 Å². The Morgan fingerprint density at radius 1 is 1.22 bits per heavy atom. The van der Waals surface area contributed by atoms with Gasteiger partial charge in [0, 0.05) is 13.1 Å². The van der Waals surface area contributed by atoms with E-state index in [0.717, 1.165) is 30.0 Å². The number of rotatable bonds is 7. The molecule has 0 unspecified atom stereocenters. The number of benzene rings is 1. The lowest BCUT2D eigenvalue weighted by atomic mass is 10.1. The van der Waals surface area contributed by atoms with Gasteiger partial charge in [0.2, 0.25) is 0 Å². The maximum atomic E-state index is 11.5. The van der Waals surface area contributed by atoms with Gasteiger partial charge in [0.15, 0.2) is 6.61 Å². The molecule has 1 aromatic carbocycles. The number of amides is 1. The second-order valence-electron chi connectivity index (χ2n) is 4.21. The second kappa shape index (κ2) is 7.71. The topological polar surface area (TPSA) is 50.4 Å². The van der Waals surface area contributed by atoms with E-state index in [2.05, 4.69) is 10.6 Å². The summed E-state index contributed by atoms with van der Waals surface area (Å²) in [6.45, 7) is 8.38. The van der Waals surface area contributed by atoms with Gasteiger partial charge in [0.25, 0.3) is 5.91 Å². The normalized spacial score (nSPS) is 10.2. The number of nitrogens with one attached hydrogen (secondary N) is 2. The van der Waals surface area contributed by atoms with Crippen molar-refractivity contribution in [1.82, 2.24) is 10.6 Å². The Balaban J connectivity index is 2.34. The van der Waals surface area contributed by atoms with E-state index in [9.17, 15) is 4.79 Å². The molecule has 0 saturated heterocycles. The number of aryl methyl sites for hydroxylation is 2. The molecule has 100 valence electrons. The highest BCUT2D eigenvalue weighted by atomic mass is 16.5. The Kier molecular flexibility index (Phi) is 6.22. The molecule has 0 heterocycles. The molecular formula is C14H22N2O2. The smallest absolute Gasteiger partial charge is 0.257 e. The summed E-state index contributed by atoms with van der Waals surface area (Å²) >= 11 is 0. The Morgan fingerprint density at radius 2 is 1.89 bits per heavy atom. The van der Waals surface area contributed by atoms with E-state index < -0.39 is 0 Å². The number of carbonyl (C=O) groups excluding carboxylic acids is 1. The summed E-state index contributed by atoms with van der Waals surface area (Å²) in [6.07, 6.45) is 0. The van der Waals surface area contributed by atoms with Crippen LogP contribution in [0.5, 0.6) is 5.75 Å². The molecule has 0 aromatic heterocycles. The summed E-state index contributed by atoms with van der Waals surface area (Å²) in [7, 11) is 0. The Labute approximate surface area is 109 Å². The van der Waals surface area contributed by atoms with Crippen molar-refractivity contribution in [2.45, 2.75) is 20.8 Å². The van der Waals surface area contributed by atoms with Gasteiger partial charge in [-0.25, -0.2) is 0 Å². The highest BCUT2D eigenvalue weighted by Gasteiger charge is 2.06. The molecule has 4 nitrogen and oxygen atoms in total. The minimum absolute atomic E-state index is 0.0673. The Hall–Kier alpha value is -1.55. The monoisotopic (exact) mass is 250 g/mol. The van der Waals surface area contributed by atoms with Gasteiger partial charge in [0.05, 0.1) is 0 Å². The number of likely N-dealkylation sites (N-methyl/N-ethyl adjacent to an activating group) is 1. The molecule has 0 aliphatic carbocycles. The van der Waals surface area contributed by atoms with E-state index in [1.807, 2.05) is 39.0 Å². The molecule has 1 aromatic rings. The van der Waals surface area contributed by atoms with E-state index in [1.54, 1.807) is 0 Å². The first-order valence-corrected chi connectivity index (χ1v) is 6.31. The van der Waals surface area contributed by atoms with Gasteiger partial charge in [-0.1, -0.05) is 25.1 Å². The Morgan fingerprint density at radius 3 is 2.50 bits per heavy atom. The van der Waals surface area contributed by atoms with Crippen LogP contribution in [0.15, 0.2) is 18.2 Å². The molecule has 18 heavy (non-hydrogen) atoms. The average Bonchev–Trinajstić information content (AvgIpc) is 2.34. The predicted molar refractivity (Wildman–Crippen MR) is 73.0 cm³/mol. The van der Waals surface area contributed by atoms with E-state index in [-0.39, 0.29) is 12.5 Å². The fraction of sp³-hybridized carbons (Fsp3) is 0.500. The van der Waals surface area contributed by atoms with Gasteiger partial charge in [-0.15, -0.1) is 0 Å². The first-order chi connectivity index (χ1) is 8.65. The van der Waals surface area contributed by atoms with Gasteiger partial charge < -0.3 is 15.4 Å². The summed E-state index contributed by atoms with van der Waals surface area (Å²) < 4.78 is 5.55. The molecule has 0 saturated carbocycles. The summed E-state index contributed by atoms with van der Waals surface area (Å²) in [5.41, 5.74) is 2.10. The van der Waals surface area contributed by atoms with Crippen molar-refractivity contribution in [3.8, 4) is 5.75 Å². The van der Waals surface area contributed by atoms with Crippen LogP contribution in [-0.4, -0.2) is 32.1 Å². The quantitative estimate of drug-likeness (QED) is 0.719. The lowest BCUT2D eigenvalue weighted by Crippen LogP contribution is -2.34. The third-order valence-electron chi connectivity index (χ3n) is 2.63. The molecule has 0 bridgehead atoms. The molecular weight excluding hydrogens is 228 g/mol. The van der Waals surface area contributed by atoms with Crippen LogP contribution in [-0.2, 0) is 4.79 Å². The van der Waals surface area contributed by atoms with Crippen LogP contribution in [0.1, 0.15) is 18.1 Å². The maximum Gasteiger partial charge on any atom is 0.257 e. The number of para-hydroxylation sites is 1. The molecule has 1 amide bonds. The van der Waals surface area contributed by atoms with Gasteiger partial charge in [-0.3, -0.25) is 4.79 Å². The molecule has 2 N–H and O–H groups in total. The van der Waals surface area contributed by atoms with Crippen molar-refractivity contribution in [3.63, 3.8) is 0 Å². The zero-order valence-corrected chi connectivity index (χ0v) is 11.4. The highest BCUT2D eigenvalue weighted by Crippen LogP contribution is 2.21. The lowest BCUT2D eigenvalue weighted by molar-refractivity contribution is -0.123. The molecule has 1 rings (SSSR count). The zero-order valence-electron chi connectivity index (χ0n) is 11.4. The van der Waals surface area contributed by atoms with Crippen LogP contribution in [0.3, 0.4) is 0 Å². The van der Waals surface area contributed by atoms with Crippen molar-refractivity contribution in [2.75, 3.05) is 26.2 Å². The molecule has 0 radical (unpaired) electrons. The predicted octanol–water partition coefficient (Wildman–Crippen LogP) is 1.41. The van der Waals surface area contributed by atoms with Gasteiger partial charge in [-0.05, 0) is 31.5 Å². The van der Waals surface area contributed by atoms with Crippen LogP contribution in [0, 0.1) is 13.8 Å². The van der Waals surface area contributed by atoms with E-state index in [4.69, 9.17) is 4.74 Å². The third kappa shape index (κ3) is 4.75. The van der Waals surface area contributed by atoms with Crippen LogP contribution < -0.4 is 15.4 Å². The average molecular weight is 250 g/mol. The summed E-state index contributed by atoms with van der Waals surface area (Å²) in [5.74, 6) is 0.717. The number of ether oxygens (including phenoxy) is 1. The zero-order chi connectivity index (χ0) is 13.4. The largest absolute Gasteiger partial charge is 0.483 e. The van der Waals surface area contributed by atoms with Crippen LogP contribution >= 0.6 is 0 Å². The number of hydrogen-bond donors (Lipinski definition) is 2. The van der Waals surface area contributed by atoms with Crippen molar-refractivity contribution < 1.29 is 9.53 Å². The summed E-state index contributed by atoms with van der Waals surface area (Å²) in [4.78, 5) is 11.5. The van der Waals surface area contributed by atoms with Crippen LogP contribution in [0.25, 0.3) is 0 Å². The van der Waals surface area contributed by atoms with E-state index >= 15 is 0 Å². The molecule has 0 spiro atoms. The van der Waals surface area contributed by atoms with Crippen molar-refractivity contribution in [3.05, 3.63) is 29.3 Å². The molecule has 0 aliphatic rings. The fourth-order valence-corrected chi connectivity index (χ4v) is 1.68. The molecule has 0 fully saturated rings. The third-order valence-corrected chi connectivity index (χ3v) is 2.63. The van der Waals surface area contributed by atoms with Crippen LogP contribution in [0.2, 0.25) is 0 Å². The molecule has 0 aliphatic heterocycles. The lowest BCUT2D eigenvalue weighted by Gasteiger charge is -2.12. The van der Waals surface area contributed by atoms with Gasteiger partial charge in [-0.2, -0.15) is 0 Å². The van der Waals surface area contributed by atoms with Gasteiger partial charge >= 0.3 is 0 Å². The minimum atomic E-state index is -0.0874.